The summed E-state index contributed by atoms with van der Waals surface area (Å²) in [5.74, 6) is -1.14. The van der Waals surface area contributed by atoms with Gasteiger partial charge in [0.25, 0.3) is 0 Å². The lowest BCUT2D eigenvalue weighted by molar-refractivity contribution is 0.0693. The van der Waals surface area contributed by atoms with E-state index in [1.54, 1.807) is 4.90 Å². The van der Waals surface area contributed by atoms with Gasteiger partial charge in [0.05, 0.1) is 5.69 Å². The molecular weight excluding hydrogens is 272 g/mol. The van der Waals surface area contributed by atoms with E-state index in [2.05, 4.69) is 12.2 Å². The number of urea groups is 1. The van der Waals surface area contributed by atoms with Crippen molar-refractivity contribution >= 4 is 17.7 Å². The highest BCUT2D eigenvalue weighted by Gasteiger charge is 2.23. The average Bonchev–Trinajstić information content (AvgIpc) is 2.49. The van der Waals surface area contributed by atoms with Gasteiger partial charge in [-0.3, -0.25) is 0 Å². The molecular formula is C15H20N2O4. The number of hydrogen-bond donors (Lipinski definition) is 3. The quantitative estimate of drug-likeness (QED) is 0.747. The largest absolute Gasteiger partial charge is 0.505 e. The van der Waals surface area contributed by atoms with Crippen LogP contribution in [0.25, 0.3) is 0 Å². The number of carbonyl (C=O) groups is 2. The van der Waals surface area contributed by atoms with Gasteiger partial charge in [-0.15, -0.1) is 0 Å². The second-order valence-corrected chi connectivity index (χ2v) is 5.30. The molecule has 1 aromatic carbocycles. The molecule has 0 aromatic heterocycles. The van der Waals surface area contributed by atoms with Crippen molar-refractivity contribution in [3.8, 4) is 5.75 Å². The Kier molecular flexibility index (Phi) is 4.67. The van der Waals surface area contributed by atoms with Crippen LogP contribution in [-0.2, 0) is 0 Å². The summed E-state index contributed by atoms with van der Waals surface area (Å²) in [6, 6.07) is 3.97. The zero-order valence-corrected chi connectivity index (χ0v) is 12.0. The second-order valence-electron chi connectivity index (χ2n) is 5.30. The van der Waals surface area contributed by atoms with Crippen molar-refractivity contribution in [1.29, 1.82) is 0 Å². The number of rotatable bonds is 3. The van der Waals surface area contributed by atoms with Crippen LogP contribution < -0.4 is 5.32 Å². The van der Waals surface area contributed by atoms with Gasteiger partial charge in [-0.25, -0.2) is 9.59 Å². The van der Waals surface area contributed by atoms with Crippen molar-refractivity contribution in [3.05, 3.63) is 23.8 Å². The molecule has 21 heavy (non-hydrogen) atoms. The summed E-state index contributed by atoms with van der Waals surface area (Å²) < 4.78 is 0. The lowest BCUT2D eigenvalue weighted by Gasteiger charge is -2.32. The van der Waals surface area contributed by atoms with Crippen LogP contribution in [0.15, 0.2) is 18.2 Å². The Hall–Kier alpha value is -2.24. The Labute approximate surface area is 123 Å². The van der Waals surface area contributed by atoms with Crippen LogP contribution in [-0.4, -0.2) is 40.2 Å². The predicted octanol–water partition coefficient (Wildman–Crippen LogP) is 2.74. The molecule has 1 aliphatic rings. The number of amides is 2. The fraction of sp³-hybridized carbons (Fsp3) is 0.467. The minimum Gasteiger partial charge on any atom is -0.505 e. The van der Waals surface area contributed by atoms with Gasteiger partial charge in [-0.2, -0.15) is 0 Å². The van der Waals surface area contributed by atoms with Crippen LogP contribution in [0.5, 0.6) is 5.75 Å². The Bertz CT molecular complexity index is 544. The van der Waals surface area contributed by atoms with E-state index in [-0.39, 0.29) is 17.3 Å². The molecule has 0 saturated carbocycles. The monoisotopic (exact) mass is 292 g/mol. The molecule has 1 saturated heterocycles. The van der Waals surface area contributed by atoms with Crippen molar-refractivity contribution in [3.63, 3.8) is 0 Å². The van der Waals surface area contributed by atoms with Gasteiger partial charge in [0, 0.05) is 13.1 Å². The molecule has 1 heterocycles. The maximum Gasteiger partial charge on any atom is 0.339 e. The van der Waals surface area contributed by atoms with Gasteiger partial charge in [-0.05, 0) is 30.9 Å². The smallest absolute Gasteiger partial charge is 0.339 e. The van der Waals surface area contributed by atoms with E-state index in [1.807, 2.05) is 0 Å². The van der Waals surface area contributed by atoms with Crippen molar-refractivity contribution in [1.82, 2.24) is 4.90 Å². The van der Waals surface area contributed by atoms with E-state index in [4.69, 9.17) is 5.11 Å². The lowest BCUT2D eigenvalue weighted by Crippen LogP contribution is -2.42. The van der Waals surface area contributed by atoms with Crippen LogP contribution in [0.2, 0.25) is 0 Å². The number of aromatic hydroxyl groups is 1. The van der Waals surface area contributed by atoms with E-state index in [1.165, 1.54) is 18.2 Å². The molecule has 1 aliphatic heterocycles. The number of carboxylic acid groups (broad SMARTS) is 1. The SMILES string of the molecule is CCC1CCCN(C(=O)Nc2cccc(C(=O)O)c2O)C1. The van der Waals surface area contributed by atoms with Gasteiger partial charge >= 0.3 is 12.0 Å². The third-order valence-corrected chi connectivity index (χ3v) is 3.89. The summed E-state index contributed by atoms with van der Waals surface area (Å²) in [6.07, 6.45) is 3.12. The lowest BCUT2D eigenvalue weighted by atomic mass is 9.96. The minimum atomic E-state index is -1.23. The zero-order valence-electron chi connectivity index (χ0n) is 12.0. The number of likely N-dealkylation sites (tertiary alicyclic amines) is 1. The molecule has 2 amide bonds. The van der Waals surface area contributed by atoms with Crippen LogP contribution in [0, 0.1) is 5.92 Å². The van der Waals surface area contributed by atoms with E-state index < -0.39 is 11.7 Å². The molecule has 3 N–H and O–H groups in total. The fourth-order valence-corrected chi connectivity index (χ4v) is 2.59. The molecule has 0 aliphatic carbocycles. The summed E-state index contributed by atoms with van der Waals surface area (Å²) in [6.45, 7) is 3.48. The van der Waals surface area contributed by atoms with Crippen molar-refractivity contribution in [2.45, 2.75) is 26.2 Å². The summed E-state index contributed by atoms with van der Waals surface area (Å²) in [5.41, 5.74) is -0.101. The standard InChI is InChI=1S/C15H20N2O4/c1-2-10-5-4-8-17(9-10)15(21)16-12-7-3-6-11(13(12)18)14(19)20/h3,6-7,10,18H,2,4-5,8-9H2,1H3,(H,16,21)(H,19,20). The molecule has 1 fully saturated rings. The van der Waals surface area contributed by atoms with Crippen molar-refractivity contribution in [2.75, 3.05) is 18.4 Å². The van der Waals surface area contributed by atoms with Crippen LogP contribution in [0.1, 0.15) is 36.5 Å². The summed E-state index contributed by atoms with van der Waals surface area (Å²) in [7, 11) is 0. The number of phenols is 1. The summed E-state index contributed by atoms with van der Waals surface area (Å²) in [4.78, 5) is 24.9. The highest BCUT2D eigenvalue weighted by Crippen LogP contribution is 2.28. The Balaban J connectivity index is 2.09. The Morgan fingerprint density at radius 3 is 2.86 bits per heavy atom. The second kappa shape index (κ2) is 6.47. The van der Waals surface area contributed by atoms with Crippen molar-refractivity contribution < 1.29 is 19.8 Å². The number of para-hydroxylation sites is 1. The number of benzene rings is 1. The number of hydrogen-bond acceptors (Lipinski definition) is 3. The molecule has 1 aromatic rings. The first-order valence-corrected chi connectivity index (χ1v) is 7.14. The van der Waals surface area contributed by atoms with E-state index in [9.17, 15) is 14.7 Å². The number of piperidine rings is 1. The maximum absolute atomic E-state index is 12.2. The molecule has 114 valence electrons. The first-order valence-electron chi connectivity index (χ1n) is 7.14. The first-order chi connectivity index (χ1) is 10.0. The predicted molar refractivity (Wildman–Crippen MR) is 78.7 cm³/mol. The first kappa shape index (κ1) is 15.2. The fourth-order valence-electron chi connectivity index (χ4n) is 2.59. The molecule has 0 radical (unpaired) electrons. The maximum atomic E-state index is 12.2. The highest BCUT2D eigenvalue weighted by atomic mass is 16.4. The number of anilines is 1. The molecule has 0 bridgehead atoms. The molecule has 0 spiro atoms. The average molecular weight is 292 g/mol. The Morgan fingerprint density at radius 2 is 2.19 bits per heavy atom. The van der Waals surface area contributed by atoms with E-state index in [0.717, 1.165) is 19.3 Å². The van der Waals surface area contributed by atoms with Gasteiger partial charge in [0.1, 0.15) is 5.56 Å². The molecule has 1 unspecified atom stereocenters. The number of nitrogens with zero attached hydrogens (tertiary/aromatic N) is 1. The van der Waals surface area contributed by atoms with Crippen LogP contribution >= 0.6 is 0 Å². The number of aromatic carboxylic acids is 1. The number of carboxylic acids is 1. The number of nitrogens with one attached hydrogen (secondary N) is 1. The van der Waals surface area contributed by atoms with Gasteiger partial charge in [0.2, 0.25) is 0 Å². The normalized spacial score (nSPS) is 18.3. The van der Waals surface area contributed by atoms with Crippen molar-refractivity contribution in [2.24, 2.45) is 5.92 Å². The van der Waals surface area contributed by atoms with Gasteiger partial charge < -0.3 is 20.4 Å². The van der Waals surface area contributed by atoms with Gasteiger partial charge in [-0.1, -0.05) is 19.4 Å². The highest BCUT2D eigenvalue weighted by molar-refractivity contribution is 5.97. The summed E-state index contributed by atoms with van der Waals surface area (Å²) in [5, 5.41) is 21.4. The van der Waals surface area contributed by atoms with Crippen LogP contribution in [0.4, 0.5) is 10.5 Å². The third-order valence-electron chi connectivity index (χ3n) is 3.89. The van der Waals surface area contributed by atoms with Crippen LogP contribution in [0.3, 0.4) is 0 Å². The molecule has 2 rings (SSSR count). The third kappa shape index (κ3) is 3.45. The summed E-state index contributed by atoms with van der Waals surface area (Å²) >= 11 is 0. The topological polar surface area (TPSA) is 89.9 Å². The molecule has 1 atom stereocenters. The van der Waals surface area contributed by atoms with E-state index in [0.29, 0.717) is 19.0 Å². The van der Waals surface area contributed by atoms with E-state index >= 15 is 0 Å². The molecule has 6 heteroatoms. The molecule has 6 nitrogen and oxygen atoms in total. The van der Waals surface area contributed by atoms with Gasteiger partial charge in [0.15, 0.2) is 5.75 Å². The minimum absolute atomic E-state index is 0.124. The number of carbonyl (C=O) groups excluding carboxylic acids is 1. The zero-order chi connectivity index (χ0) is 15.4. The Morgan fingerprint density at radius 1 is 1.43 bits per heavy atom.